The number of amides is 1. The average molecular weight is 325 g/mol. The molecule has 124 valence electrons. The molecule has 1 rings (SSSR count). The van der Waals surface area contributed by atoms with E-state index >= 15 is 0 Å². The summed E-state index contributed by atoms with van der Waals surface area (Å²) in [5, 5.41) is 29.1. The van der Waals surface area contributed by atoms with Gasteiger partial charge in [-0.25, -0.2) is 14.4 Å². The number of nitrogens with zero attached hydrogens (tertiary/aromatic N) is 1. The van der Waals surface area contributed by atoms with Crippen molar-refractivity contribution in [2.45, 2.75) is 24.9 Å². The van der Waals surface area contributed by atoms with Crippen molar-refractivity contribution < 1.29 is 34.5 Å². The lowest BCUT2D eigenvalue weighted by Gasteiger charge is -2.21. The summed E-state index contributed by atoms with van der Waals surface area (Å²) in [4.78, 5) is 47.2. The van der Waals surface area contributed by atoms with Crippen LogP contribution in [0.15, 0.2) is 28.4 Å². The normalized spacial score (nSPS) is 20.6. The van der Waals surface area contributed by atoms with Gasteiger partial charge in [0.2, 0.25) is 5.91 Å². The van der Waals surface area contributed by atoms with Crippen LogP contribution in [0.1, 0.15) is 12.8 Å². The zero-order valence-corrected chi connectivity index (χ0v) is 11.8. The molecule has 0 aliphatic carbocycles. The summed E-state index contributed by atoms with van der Waals surface area (Å²) in [5.41, 5.74) is 4.95. The van der Waals surface area contributed by atoms with Gasteiger partial charge in [-0.3, -0.25) is 9.79 Å². The summed E-state index contributed by atoms with van der Waals surface area (Å²) in [7, 11) is 0. The van der Waals surface area contributed by atoms with E-state index in [1.807, 2.05) is 0 Å². The third kappa shape index (κ3) is 5.61. The fourth-order valence-corrected chi connectivity index (χ4v) is 1.79. The molecule has 0 aromatic carbocycles. The molecule has 0 aromatic heterocycles. The molecule has 0 saturated heterocycles. The second-order valence-electron chi connectivity index (χ2n) is 4.67. The molecular weight excluding hydrogens is 310 g/mol. The number of nitrogens with two attached hydrogens (primary N) is 1. The number of hydrogen-bond donors (Lipinski definition) is 5. The van der Waals surface area contributed by atoms with Crippen LogP contribution in [0.3, 0.4) is 0 Å². The maximum Gasteiger partial charge on any atom is 0.351 e. The second-order valence-corrected chi connectivity index (χ2v) is 4.67. The summed E-state index contributed by atoms with van der Waals surface area (Å²) >= 11 is 0. The van der Waals surface area contributed by atoms with Crippen molar-refractivity contribution >= 4 is 30.0 Å². The van der Waals surface area contributed by atoms with Crippen molar-refractivity contribution in [1.82, 2.24) is 5.32 Å². The van der Waals surface area contributed by atoms with Crippen molar-refractivity contribution in [3.8, 4) is 0 Å². The van der Waals surface area contributed by atoms with Crippen LogP contribution < -0.4 is 11.1 Å². The number of allylic oxidation sites excluding steroid dienone is 2. The molecule has 0 bridgehead atoms. The molecule has 10 nitrogen and oxygen atoms in total. The minimum absolute atomic E-state index is 0.00824. The number of aliphatic carboxylic acids is 3. The van der Waals surface area contributed by atoms with Gasteiger partial charge in [0.15, 0.2) is 6.04 Å². The van der Waals surface area contributed by atoms with E-state index in [1.165, 1.54) is 12.2 Å². The number of primary amides is 1. The van der Waals surface area contributed by atoms with E-state index in [4.69, 9.17) is 21.1 Å². The molecule has 0 aromatic rings. The highest BCUT2D eigenvalue weighted by Crippen LogP contribution is 2.16. The highest BCUT2D eigenvalue weighted by atomic mass is 16.4. The van der Waals surface area contributed by atoms with E-state index in [0.717, 1.165) is 6.21 Å². The number of carboxylic acids is 3. The third-order valence-corrected chi connectivity index (χ3v) is 2.86. The molecule has 0 spiro atoms. The monoisotopic (exact) mass is 325 g/mol. The first-order chi connectivity index (χ1) is 10.7. The molecule has 6 N–H and O–H groups in total. The van der Waals surface area contributed by atoms with E-state index in [0.29, 0.717) is 5.57 Å². The molecule has 1 heterocycles. The van der Waals surface area contributed by atoms with Crippen LogP contribution in [0.4, 0.5) is 0 Å². The Kier molecular flexibility index (Phi) is 6.01. The number of nitrogens with one attached hydrogen (secondary N) is 1. The highest BCUT2D eigenvalue weighted by Gasteiger charge is 2.26. The molecule has 23 heavy (non-hydrogen) atoms. The van der Waals surface area contributed by atoms with Gasteiger partial charge in [-0.05, 0) is 17.7 Å². The minimum Gasteiger partial charge on any atom is -0.480 e. The van der Waals surface area contributed by atoms with Crippen molar-refractivity contribution in [3.05, 3.63) is 23.4 Å². The highest BCUT2D eigenvalue weighted by molar-refractivity contribution is 5.90. The van der Waals surface area contributed by atoms with Crippen LogP contribution in [-0.2, 0) is 19.2 Å². The molecule has 1 aliphatic heterocycles. The Balaban J connectivity index is 2.95. The summed E-state index contributed by atoms with van der Waals surface area (Å²) in [5.74, 6) is -4.72. The van der Waals surface area contributed by atoms with Gasteiger partial charge in [-0.15, -0.1) is 0 Å². The van der Waals surface area contributed by atoms with E-state index in [2.05, 4.69) is 10.3 Å². The quantitative estimate of drug-likeness (QED) is 0.359. The van der Waals surface area contributed by atoms with Gasteiger partial charge in [0, 0.05) is 12.6 Å². The van der Waals surface area contributed by atoms with Crippen LogP contribution in [0.5, 0.6) is 0 Å². The number of carboxylic acid groups (broad SMARTS) is 3. The Morgan fingerprint density at radius 1 is 1.35 bits per heavy atom. The van der Waals surface area contributed by atoms with E-state index in [9.17, 15) is 19.2 Å². The summed E-state index contributed by atoms with van der Waals surface area (Å²) in [6, 6.07) is -2.48. The van der Waals surface area contributed by atoms with Crippen LogP contribution in [-0.4, -0.2) is 57.4 Å². The summed E-state index contributed by atoms with van der Waals surface area (Å²) in [6.45, 7) is 0. The lowest BCUT2D eigenvalue weighted by atomic mass is 10.00. The van der Waals surface area contributed by atoms with Crippen LogP contribution in [0.2, 0.25) is 0 Å². The molecule has 1 aliphatic rings. The predicted octanol–water partition coefficient (Wildman–Crippen LogP) is -1.27. The molecular formula is C13H15N3O7. The number of carbonyl (C=O) groups is 4. The number of hydrogen-bond acceptors (Lipinski definition) is 6. The average Bonchev–Trinajstić information content (AvgIpc) is 2.45. The summed E-state index contributed by atoms with van der Waals surface area (Å²) < 4.78 is 0. The van der Waals surface area contributed by atoms with E-state index in [-0.39, 0.29) is 12.1 Å². The van der Waals surface area contributed by atoms with Crippen molar-refractivity contribution in [2.75, 3.05) is 0 Å². The van der Waals surface area contributed by atoms with Gasteiger partial charge >= 0.3 is 17.9 Å². The van der Waals surface area contributed by atoms with Gasteiger partial charge in [-0.2, -0.15) is 0 Å². The van der Waals surface area contributed by atoms with Gasteiger partial charge in [0.25, 0.3) is 0 Å². The Bertz CT molecular complexity index is 621. The molecule has 2 atom stereocenters. The van der Waals surface area contributed by atoms with Crippen molar-refractivity contribution in [2.24, 2.45) is 10.7 Å². The fraction of sp³-hybridized carbons (Fsp3) is 0.308. The minimum atomic E-state index is -1.36. The zero-order valence-electron chi connectivity index (χ0n) is 11.8. The number of carbonyl (C=O) groups excluding carboxylic acids is 1. The van der Waals surface area contributed by atoms with Gasteiger partial charge in [0.1, 0.15) is 11.7 Å². The van der Waals surface area contributed by atoms with E-state index in [1.54, 1.807) is 0 Å². The first-order valence-corrected chi connectivity index (χ1v) is 6.38. The third-order valence-electron chi connectivity index (χ3n) is 2.86. The Morgan fingerprint density at radius 3 is 2.48 bits per heavy atom. The standard InChI is InChI=1S/C13H15N3O7/c14-10(17)5-7(11(18)19)15-2-1-6-3-8(12(20)21)16-9(4-6)13(22)23/h1-3,7,9,16H,4-5H2,(H2,14,17)(H,18,19)(H,20,21)(H,22,23)/b6-1-,15-2?/t7-,9-/m0/s1. The number of rotatable bonds is 7. The predicted molar refractivity (Wildman–Crippen MR) is 76.7 cm³/mol. The first-order valence-electron chi connectivity index (χ1n) is 6.38. The molecule has 0 radical (unpaired) electrons. The Hall–Kier alpha value is -3.17. The van der Waals surface area contributed by atoms with E-state index < -0.39 is 42.3 Å². The van der Waals surface area contributed by atoms with Gasteiger partial charge in [0.05, 0.1) is 6.42 Å². The van der Waals surface area contributed by atoms with Gasteiger partial charge < -0.3 is 26.4 Å². The Labute approximate surface area is 130 Å². The smallest absolute Gasteiger partial charge is 0.351 e. The van der Waals surface area contributed by atoms with Crippen molar-refractivity contribution in [1.29, 1.82) is 0 Å². The fourth-order valence-electron chi connectivity index (χ4n) is 1.79. The number of aliphatic imine (C=N–C) groups is 1. The molecule has 0 unspecified atom stereocenters. The van der Waals surface area contributed by atoms with Crippen LogP contribution in [0.25, 0.3) is 0 Å². The lowest BCUT2D eigenvalue weighted by molar-refractivity contribution is -0.140. The summed E-state index contributed by atoms with van der Waals surface area (Å²) in [6.07, 6.45) is 3.10. The van der Waals surface area contributed by atoms with Crippen molar-refractivity contribution in [3.63, 3.8) is 0 Å². The second kappa shape index (κ2) is 7.73. The molecule has 1 amide bonds. The SMILES string of the molecule is NC(=O)C[C@H](N=C/C=C1/C=C(C(=O)O)N[C@H](C(=O)O)C1)C(=O)O. The topological polar surface area (TPSA) is 179 Å². The molecule has 0 fully saturated rings. The van der Waals surface area contributed by atoms with Crippen LogP contribution >= 0.6 is 0 Å². The zero-order chi connectivity index (χ0) is 17.6. The maximum atomic E-state index is 11.0. The van der Waals surface area contributed by atoms with Gasteiger partial charge in [-0.1, -0.05) is 0 Å². The molecule has 10 heteroatoms. The van der Waals surface area contributed by atoms with Crippen LogP contribution in [0, 0.1) is 0 Å². The molecule has 0 saturated carbocycles. The largest absolute Gasteiger partial charge is 0.480 e. The lowest BCUT2D eigenvalue weighted by Crippen LogP contribution is -2.41. The maximum absolute atomic E-state index is 11.0. The first kappa shape index (κ1) is 17.9. The Morgan fingerprint density at radius 2 is 2.00 bits per heavy atom.